The Labute approximate surface area is 179 Å². The van der Waals surface area contributed by atoms with E-state index in [9.17, 15) is 19.6 Å². The van der Waals surface area contributed by atoms with Crippen LogP contribution in [-0.4, -0.2) is 21.9 Å². The lowest BCUT2D eigenvalue weighted by Crippen LogP contribution is -2.21. The maximum absolute atomic E-state index is 11.3. The predicted molar refractivity (Wildman–Crippen MR) is 111 cm³/mol. The number of phosphoric ester groups is 1. The summed E-state index contributed by atoms with van der Waals surface area (Å²) in [6.07, 6.45) is 1.77. The molecule has 0 aliphatic carbocycles. The average molecular weight is 492 g/mol. The minimum Gasteiger partial charge on any atom is -0.493 e. The third-order valence-electron chi connectivity index (χ3n) is 4.71. The van der Waals surface area contributed by atoms with Gasteiger partial charge in [0, 0.05) is 22.7 Å². The lowest BCUT2D eigenvalue weighted by molar-refractivity contribution is 0.275. The van der Waals surface area contributed by atoms with Gasteiger partial charge in [0.2, 0.25) is 5.88 Å². The van der Waals surface area contributed by atoms with Crippen molar-refractivity contribution >= 4 is 34.7 Å². The molecule has 1 aliphatic rings. The van der Waals surface area contributed by atoms with E-state index in [-0.39, 0.29) is 27.4 Å². The highest BCUT2D eigenvalue weighted by molar-refractivity contribution is 9.10. The van der Waals surface area contributed by atoms with Gasteiger partial charge in [0.05, 0.1) is 17.5 Å². The van der Waals surface area contributed by atoms with E-state index in [0.717, 1.165) is 10.9 Å². The first-order valence-electron chi connectivity index (χ1n) is 8.53. The number of aromatic amines is 1. The first kappa shape index (κ1) is 20.3. The number of fused-ring (bicyclic) bond motifs is 3. The fourth-order valence-electron chi connectivity index (χ4n) is 3.51. The minimum atomic E-state index is -4.82. The van der Waals surface area contributed by atoms with Crippen molar-refractivity contribution in [2.45, 2.75) is 5.92 Å². The molecular formula is C19H15BrN3O6P. The number of halogens is 1. The quantitative estimate of drug-likeness (QED) is 0.403. The molecule has 0 amide bonds. The molecule has 5 N–H and O–H groups in total. The second-order valence-electron chi connectivity index (χ2n) is 6.46. The Morgan fingerprint density at radius 2 is 2.10 bits per heavy atom. The zero-order valence-corrected chi connectivity index (χ0v) is 17.9. The van der Waals surface area contributed by atoms with Crippen LogP contribution in [0.25, 0.3) is 10.9 Å². The number of aromatic nitrogens is 1. The number of nitrogens with one attached hydrogen (secondary N) is 1. The van der Waals surface area contributed by atoms with Crippen molar-refractivity contribution in [2.24, 2.45) is 5.73 Å². The topological polar surface area (TPSA) is 151 Å². The van der Waals surface area contributed by atoms with Gasteiger partial charge in [-0.1, -0.05) is 6.07 Å². The zero-order valence-electron chi connectivity index (χ0n) is 15.4. The molecule has 1 aliphatic heterocycles. The lowest BCUT2D eigenvalue weighted by atomic mass is 9.83. The highest BCUT2D eigenvalue weighted by Gasteiger charge is 2.33. The van der Waals surface area contributed by atoms with Gasteiger partial charge in [-0.15, -0.1) is 0 Å². The summed E-state index contributed by atoms with van der Waals surface area (Å²) in [6.45, 7) is 0. The number of nitrogens with two attached hydrogens (primary N) is 1. The molecule has 0 bridgehead atoms. The van der Waals surface area contributed by atoms with Crippen molar-refractivity contribution in [3.05, 3.63) is 63.6 Å². The molecule has 11 heteroatoms. The summed E-state index contributed by atoms with van der Waals surface area (Å²) >= 11 is 3.27. The molecule has 0 saturated heterocycles. The normalized spacial score (nSPS) is 16.0. The molecule has 30 heavy (non-hydrogen) atoms. The van der Waals surface area contributed by atoms with Gasteiger partial charge in [0.1, 0.15) is 17.4 Å². The molecule has 0 radical (unpaired) electrons. The number of hydrogen-bond acceptors (Lipinski definition) is 6. The number of nitrogens with zero attached hydrogens (tertiary/aromatic N) is 1. The molecule has 4 rings (SSSR count). The Hall–Kier alpha value is -2.96. The zero-order chi connectivity index (χ0) is 21.6. The molecule has 2 aromatic carbocycles. The van der Waals surface area contributed by atoms with Gasteiger partial charge < -0.3 is 24.7 Å². The largest absolute Gasteiger partial charge is 0.524 e. The van der Waals surface area contributed by atoms with Crippen LogP contribution in [0.15, 0.2) is 52.5 Å². The van der Waals surface area contributed by atoms with Crippen LogP contribution in [0.4, 0.5) is 0 Å². The van der Waals surface area contributed by atoms with Gasteiger partial charge in [-0.3, -0.25) is 9.79 Å². The highest BCUT2D eigenvalue weighted by atomic mass is 79.9. The van der Waals surface area contributed by atoms with Crippen LogP contribution in [0.1, 0.15) is 17.0 Å². The Morgan fingerprint density at radius 3 is 2.77 bits per heavy atom. The number of allylic oxidation sites excluding steroid dienone is 1. The maximum atomic E-state index is 11.3. The van der Waals surface area contributed by atoms with Crippen molar-refractivity contribution in [3.8, 4) is 23.3 Å². The number of methoxy groups -OCH3 is 1. The molecule has 1 unspecified atom stereocenters. The second-order valence-corrected chi connectivity index (χ2v) is 8.48. The Morgan fingerprint density at radius 1 is 1.33 bits per heavy atom. The van der Waals surface area contributed by atoms with Gasteiger partial charge in [0.15, 0.2) is 11.5 Å². The number of hydrogen-bond donors (Lipinski definition) is 4. The summed E-state index contributed by atoms with van der Waals surface area (Å²) in [6, 6.07) is 10.8. The molecule has 1 aromatic heterocycles. The van der Waals surface area contributed by atoms with Crippen molar-refractivity contribution < 1.29 is 28.3 Å². The van der Waals surface area contributed by atoms with Crippen LogP contribution >= 0.6 is 23.8 Å². The Bertz CT molecular complexity index is 1290. The summed E-state index contributed by atoms with van der Waals surface area (Å²) in [5, 5.41) is 10.6. The van der Waals surface area contributed by atoms with Gasteiger partial charge in [0.25, 0.3) is 0 Å². The Balaban J connectivity index is 1.94. The maximum Gasteiger partial charge on any atom is 0.524 e. The summed E-state index contributed by atoms with van der Waals surface area (Å²) in [7, 11) is -3.48. The summed E-state index contributed by atoms with van der Waals surface area (Å²) in [5.74, 6) is -0.157. The number of nitriles is 1. The van der Waals surface area contributed by atoms with E-state index in [1.165, 1.54) is 7.11 Å². The Kier molecular flexibility index (Phi) is 5.00. The molecular weight excluding hydrogens is 477 g/mol. The van der Waals surface area contributed by atoms with Crippen LogP contribution in [0, 0.1) is 11.3 Å². The lowest BCUT2D eigenvalue weighted by Gasteiger charge is -2.27. The van der Waals surface area contributed by atoms with E-state index in [4.69, 9.17) is 19.7 Å². The smallest absolute Gasteiger partial charge is 0.493 e. The van der Waals surface area contributed by atoms with Crippen LogP contribution in [0.5, 0.6) is 17.2 Å². The number of H-pyrrole nitrogens is 1. The van der Waals surface area contributed by atoms with E-state index >= 15 is 0 Å². The van der Waals surface area contributed by atoms with Gasteiger partial charge in [-0.05, 0) is 45.8 Å². The van der Waals surface area contributed by atoms with Crippen LogP contribution in [0.2, 0.25) is 0 Å². The molecule has 3 aromatic rings. The third-order valence-corrected chi connectivity index (χ3v) is 5.72. The second kappa shape index (κ2) is 7.38. The van der Waals surface area contributed by atoms with E-state index in [1.54, 1.807) is 18.3 Å². The standard InChI is InChI=1S/C19H15BrN3O6P/c1-27-15-7-9(6-13(20)18(15)29-30(24,25)26)16-11-2-3-14-10(4-5-23-14)17(11)28-19(22)12(16)8-21/h2-7,16,23H,22H2,1H3,(H2,24,25,26). The highest BCUT2D eigenvalue weighted by Crippen LogP contribution is 2.50. The molecule has 0 spiro atoms. The SMILES string of the molecule is COc1cc(C2C(C#N)=C(N)Oc3c2ccc2[nH]ccc32)cc(Br)c1OP(=O)(O)O. The van der Waals surface area contributed by atoms with E-state index in [2.05, 4.69) is 27.0 Å². The first-order valence-corrected chi connectivity index (χ1v) is 10.9. The van der Waals surface area contributed by atoms with Gasteiger partial charge in [-0.25, -0.2) is 4.57 Å². The van der Waals surface area contributed by atoms with Crippen LogP contribution in [-0.2, 0) is 4.57 Å². The van der Waals surface area contributed by atoms with E-state index < -0.39 is 13.7 Å². The number of rotatable bonds is 4. The summed E-state index contributed by atoms with van der Waals surface area (Å²) in [4.78, 5) is 21.5. The van der Waals surface area contributed by atoms with Gasteiger partial charge >= 0.3 is 7.82 Å². The summed E-state index contributed by atoms with van der Waals surface area (Å²) < 4.78 is 27.4. The number of ether oxygens (including phenoxy) is 2. The predicted octanol–water partition coefficient (Wildman–Crippen LogP) is 3.63. The third kappa shape index (κ3) is 3.42. The first-order chi connectivity index (χ1) is 14.2. The minimum absolute atomic E-state index is 0.0191. The van der Waals surface area contributed by atoms with Crippen molar-refractivity contribution in [2.75, 3.05) is 7.11 Å². The van der Waals surface area contributed by atoms with Crippen molar-refractivity contribution in [1.29, 1.82) is 5.26 Å². The van der Waals surface area contributed by atoms with E-state index in [1.807, 2.05) is 18.2 Å². The fraction of sp³-hybridized carbons (Fsp3) is 0.105. The molecule has 154 valence electrons. The summed E-state index contributed by atoms with van der Waals surface area (Å²) in [5.41, 5.74) is 8.43. The molecule has 1 atom stereocenters. The number of phosphoric acid groups is 1. The molecule has 0 fully saturated rings. The van der Waals surface area contributed by atoms with E-state index in [0.29, 0.717) is 16.9 Å². The fourth-order valence-corrected chi connectivity index (χ4v) is 4.60. The van der Waals surface area contributed by atoms with Crippen molar-refractivity contribution in [1.82, 2.24) is 4.98 Å². The molecule has 2 heterocycles. The van der Waals surface area contributed by atoms with Crippen molar-refractivity contribution in [3.63, 3.8) is 0 Å². The molecule has 9 nitrogen and oxygen atoms in total. The van der Waals surface area contributed by atoms with Gasteiger partial charge in [-0.2, -0.15) is 5.26 Å². The number of benzene rings is 2. The van der Waals surface area contributed by atoms with Crippen LogP contribution in [0.3, 0.4) is 0 Å². The average Bonchev–Trinajstić information content (AvgIpc) is 3.16. The monoisotopic (exact) mass is 491 g/mol. The molecule has 0 saturated carbocycles. The van der Waals surface area contributed by atoms with Crippen LogP contribution < -0.4 is 19.7 Å².